The van der Waals surface area contributed by atoms with Crippen LogP contribution in [0.15, 0.2) is 24.3 Å². The second-order valence-corrected chi connectivity index (χ2v) is 5.15. The van der Waals surface area contributed by atoms with Gasteiger partial charge in [-0.05, 0) is 43.5 Å². The number of carbonyl (C=O) groups excluding carboxylic acids is 1. The molecule has 18 heavy (non-hydrogen) atoms. The van der Waals surface area contributed by atoms with Crippen LogP contribution >= 0.6 is 11.6 Å². The summed E-state index contributed by atoms with van der Waals surface area (Å²) in [6.45, 7) is 1.01. The van der Waals surface area contributed by atoms with Gasteiger partial charge in [0.05, 0.1) is 18.1 Å². The molecule has 2 rings (SSSR count). The van der Waals surface area contributed by atoms with Crippen molar-refractivity contribution in [3.8, 4) is 0 Å². The molecule has 1 aromatic carbocycles. The highest BCUT2D eigenvalue weighted by Crippen LogP contribution is 2.18. The van der Waals surface area contributed by atoms with Crippen molar-refractivity contribution in [3.05, 3.63) is 35.4 Å². The van der Waals surface area contributed by atoms with Gasteiger partial charge in [-0.25, -0.2) is 4.79 Å². The summed E-state index contributed by atoms with van der Waals surface area (Å²) in [5.41, 5.74) is 1.82. The van der Waals surface area contributed by atoms with E-state index in [4.69, 9.17) is 11.6 Å². The molecule has 0 saturated carbocycles. The summed E-state index contributed by atoms with van der Waals surface area (Å²) < 4.78 is 4.67. The lowest BCUT2D eigenvalue weighted by atomic mass is 10.0. The molecular weight excluding hydrogens is 250 g/mol. The van der Waals surface area contributed by atoms with Crippen LogP contribution in [0.2, 0.25) is 0 Å². The van der Waals surface area contributed by atoms with Gasteiger partial charge in [0.1, 0.15) is 0 Å². The fraction of sp³-hybridized carbons (Fsp3) is 0.500. The van der Waals surface area contributed by atoms with Gasteiger partial charge in [-0.3, -0.25) is 0 Å². The Hall–Kier alpha value is -1.06. The molecule has 1 heterocycles. The quantitative estimate of drug-likeness (QED) is 0.672. The van der Waals surface area contributed by atoms with Gasteiger partial charge in [0.2, 0.25) is 0 Å². The predicted molar refractivity (Wildman–Crippen MR) is 72.2 cm³/mol. The first-order chi connectivity index (χ1) is 8.70. The molecule has 2 atom stereocenters. The molecule has 2 unspecified atom stereocenters. The number of carbonyl (C=O) groups is 1. The molecule has 1 aliphatic heterocycles. The van der Waals surface area contributed by atoms with E-state index in [-0.39, 0.29) is 11.3 Å². The third-order valence-electron chi connectivity index (χ3n) is 3.38. The molecule has 4 heteroatoms. The van der Waals surface area contributed by atoms with Crippen molar-refractivity contribution < 1.29 is 9.53 Å². The number of hydrogen-bond donors (Lipinski definition) is 1. The molecule has 1 aromatic rings. The summed E-state index contributed by atoms with van der Waals surface area (Å²) >= 11 is 6.21. The van der Waals surface area contributed by atoms with E-state index in [1.165, 1.54) is 12.7 Å². The number of alkyl halides is 1. The van der Waals surface area contributed by atoms with Crippen molar-refractivity contribution in [1.82, 2.24) is 5.32 Å². The Bertz CT molecular complexity index is 405. The number of aryl methyl sites for hydroxylation is 1. The number of benzene rings is 1. The van der Waals surface area contributed by atoms with Gasteiger partial charge in [0.25, 0.3) is 0 Å². The molecular formula is C14H18ClNO2. The van der Waals surface area contributed by atoms with Gasteiger partial charge in [-0.15, -0.1) is 11.6 Å². The highest BCUT2D eigenvalue weighted by Gasteiger charge is 2.23. The van der Waals surface area contributed by atoms with Gasteiger partial charge >= 0.3 is 5.97 Å². The molecule has 1 N–H and O–H groups in total. The van der Waals surface area contributed by atoms with Crippen LogP contribution in [-0.2, 0) is 11.2 Å². The summed E-state index contributed by atoms with van der Waals surface area (Å²) in [5, 5.41) is 3.66. The zero-order valence-electron chi connectivity index (χ0n) is 10.5. The number of nitrogens with one attached hydrogen (secondary N) is 1. The van der Waals surface area contributed by atoms with Crippen molar-refractivity contribution >= 4 is 17.6 Å². The summed E-state index contributed by atoms with van der Waals surface area (Å²) in [5.74, 6) is -0.292. The molecule has 3 nitrogen and oxygen atoms in total. The number of hydrogen-bond acceptors (Lipinski definition) is 3. The average Bonchev–Trinajstić information content (AvgIpc) is 2.81. The molecule has 1 saturated heterocycles. The molecule has 0 aliphatic carbocycles. The largest absolute Gasteiger partial charge is 0.465 e. The minimum atomic E-state index is -0.292. The van der Waals surface area contributed by atoms with Crippen molar-refractivity contribution in [2.45, 2.75) is 30.7 Å². The number of rotatable bonds is 4. The maximum atomic E-state index is 11.3. The number of ether oxygens (including phenoxy) is 1. The molecule has 0 spiro atoms. The van der Waals surface area contributed by atoms with Crippen molar-refractivity contribution in [1.29, 1.82) is 0 Å². The summed E-state index contributed by atoms with van der Waals surface area (Å²) in [6.07, 6.45) is 3.06. The Labute approximate surface area is 112 Å². The zero-order valence-corrected chi connectivity index (χ0v) is 11.2. The van der Waals surface area contributed by atoms with Crippen LogP contribution < -0.4 is 5.32 Å². The predicted octanol–water partition coefficient (Wildman–Crippen LogP) is 2.38. The highest BCUT2D eigenvalue weighted by molar-refractivity contribution is 6.21. The third-order valence-corrected chi connectivity index (χ3v) is 3.90. The van der Waals surface area contributed by atoms with Gasteiger partial charge in [0.15, 0.2) is 0 Å². The Kier molecular flexibility index (Phi) is 4.61. The Morgan fingerprint density at radius 3 is 2.72 bits per heavy atom. The molecule has 1 fully saturated rings. The van der Waals surface area contributed by atoms with Crippen LogP contribution in [0, 0.1) is 0 Å². The van der Waals surface area contributed by atoms with E-state index < -0.39 is 0 Å². The van der Waals surface area contributed by atoms with E-state index in [0.29, 0.717) is 11.6 Å². The second-order valence-electron chi connectivity index (χ2n) is 4.59. The molecule has 0 radical (unpaired) electrons. The molecule has 0 bridgehead atoms. The van der Waals surface area contributed by atoms with E-state index in [1.54, 1.807) is 12.1 Å². The maximum Gasteiger partial charge on any atom is 0.337 e. The SMILES string of the molecule is COC(=O)c1ccc(CCC2NCCC2Cl)cc1. The lowest BCUT2D eigenvalue weighted by Gasteiger charge is -2.13. The van der Waals surface area contributed by atoms with E-state index in [2.05, 4.69) is 10.1 Å². The second kappa shape index (κ2) is 6.21. The van der Waals surface area contributed by atoms with Gasteiger partial charge in [0, 0.05) is 6.04 Å². The molecule has 0 amide bonds. The van der Waals surface area contributed by atoms with E-state index in [0.717, 1.165) is 25.8 Å². The van der Waals surface area contributed by atoms with Crippen molar-refractivity contribution in [3.63, 3.8) is 0 Å². The summed E-state index contributed by atoms with van der Waals surface area (Å²) in [6, 6.07) is 7.98. The Morgan fingerprint density at radius 2 is 2.17 bits per heavy atom. The first-order valence-corrected chi connectivity index (χ1v) is 6.69. The zero-order chi connectivity index (χ0) is 13.0. The minimum absolute atomic E-state index is 0.249. The van der Waals surface area contributed by atoms with Crippen molar-refractivity contribution in [2.24, 2.45) is 0 Å². The van der Waals surface area contributed by atoms with Crippen LogP contribution in [0.1, 0.15) is 28.8 Å². The normalized spacial score (nSPS) is 23.0. The summed E-state index contributed by atoms with van der Waals surface area (Å²) in [4.78, 5) is 11.3. The van der Waals surface area contributed by atoms with Crippen molar-refractivity contribution in [2.75, 3.05) is 13.7 Å². The molecule has 1 aliphatic rings. The topological polar surface area (TPSA) is 38.3 Å². The van der Waals surface area contributed by atoms with Gasteiger partial charge in [-0.2, -0.15) is 0 Å². The number of esters is 1. The number of methoxy groups -OCH3 is 1. The average molecular weight is 268 g/mol. The maximum absolute atomic E-state index is 11.3. The Balaban J connectivity index is 1.88. The van der Waals surface area contributed by atoms with E-state index in [9.17, 15) is 4.79 Å². The van der Waals surface area contributed by atoms with Gasteiger partial charge in [-0.1, -0.05) is 12.1 Å². The van der Waals surface area contributed by atoms with Crippen LogP contribution in [0.25, 0.3) is 0 Å². The van der Waals surface area contributed by atoms with E-state index >= 15 is 0 Å². The third kappa shape index (κ3) is 3.24. The lowest BCUT2D eigenvalue weighted by Crippen LogP contribution is -2.27. The van der Waals surface area contributed by atoms with Crippen LogP contribution in [0.3, 0.4) is 0 Å². The van der Waals surface area contributed by atoms with Crippen LogP contribution in [-0.4, -0.2) is 31.0 Å². The molecule has 98 valence electrons. The standard InChI is InChI=1S/C14H18ClNO2/c1-18-14(17)11-5-2-10(3-6-11)4-7-13-12(15)8-9-16-13/h2-3,5-6,12-13,16H,4,7-9H2,1H3. The van der Waals surface area contributed by atoms with Gasteiger partial charge < -0.3 is 10.1 Å². The minimum Gasteiger partial charge on any atom is -0.465 e. The highest BCUT2D eigenvalue weighted by atomic mass is 35.5. The first kappa shape index (κ1) is 13.4. The van der Waals surface area contributed by atoms with Crippen LogP contribution in [0.4, 0.5) is 0 Å². The van der Waals surface area contributed by atoms with Crippen LogP contribution in [0.5, 0.6) is 0 Å². The Morgan fingerprint density at radius 1 is 1.44 bits per heavy atom. The number of halogens is 1. The first-order valence-electron chi connectivity index (χ1n) is 6.25. The van der Waals surface area contributed by atoms with E-state index in [1.807, 2.05) is 12.1 Å². The molecule has 0 aromatic heterocycles. The monoisotopic (exact) mass is 267 g/mol. The summed E-state index contributed by atoms with van der Waals surface area (Å²) in [7, 11) is 1.39. The lowest BCUT2D eigenvalue weighted by molar-refractivity contribution is 0.0600. The smallest absolute Gasteiger partial charge is 0.337 e. The fourth-order valence-electron chi connectivity index (χ4n) is 2.27. The fourth-order valence-corrected chi connectivity index (χ4v) is 2.59.